The van der Waals surface area contributed by atoms with Crippen LogP contribution in [0.3, 0.4) is 0 Å². The highest BCUT2D eigenvalue weighted by atomic mass is 32.1. The van der Waals surface area contributed by atoms with Crippen molar-refractivity contribution in [1.29, 1.82) is 0 Å². The molecule has 0 fully saturated rings. The first kappa shape index (κ1) is 16.2. The lowest BCUT2D eigenvalue weighted by atomic mass is 10.2. The van der Waals surface area contributed by atoms with Crippen LogP contribution in [-0.2, 0) is 0 Å². The monoisotopic (exact) mass is 361 g/mol. The topological polar surface area (TPSA) is 63.5 Å². The number of nitrogens with one attached hydrogen (secondary N) is 1. The van der Waals surface area contributed by atoms with Crippen LogP contribution in [-0.4, -0.2) is 15.3 Å². The van der Waals surface area contributed by atoms with Crippen molar-refractivity contribution in [3.05, 3.63) is 87.7 Å². The smallest absolute Gasteiger partial charge is 0.271 e. The number of hydrogen-bond donors (Lipinski definition) is 1. The fourth-order valence-corrected chi connectivity index (χ4v) is 3.55. The molecule has 2 aromatic heterocycles. The number of nitrogens with zero attached hydrogens (tertiary/aromatic N) is 2. The average Bonchev–Trinajstić information content (AvgIpc) is 3.09. The number of aromatic nitrogens is 2. The maximum Gasteiger partial charge on any atom is 0.271 e. The van der Waals surface area contributed by atoms with E-state index in [-0.39, 0.29) is 11.1 Å². The number of rotatable bonds is 3. The van der Waals surface area contributed by atoms with E-state index in [1.807, 2.05) is 54.8 Å². The zero-order valence-electron chi connectivity index (χ0n) is 14.0. The fourth-order valence-electron chi connectivity index (χ4n) is 2.69. The Morgan fingerprint density at radius 2 is 1.81 bits per heavy atom. The van der Waals surface area contributed by atoms with Crippen LogP contribution in [0.25, 0.3) is 16.2 Å². The molecule has 0 spiro atoms. The highest BCUT2D eigenvalue weighted by Crippen LogP contribution is 2.23. The molecule has 4 aromatic rings. The number of aryl methyl sites for hydroxylation is 1. The summed E-state index contributed by atoms with van der Waals surface area (Å²) >= 11 is 1.37. The Kier molecular flexibility index (Phi) is 4.10. The Balaban J connectivity index is 1.77. The summed E-state index contributed by atoms with van der Waals surface area (Å²) in [7, 11) is 0. The summed E-state index contributed by atoms with van der Waals surface area (Å²) in [6.07, 6.45) is 1.34. The van der Waals surface area contributed by atoms with Gasteiger partial charge in [-0.1, -0.05) is 48.0 Å². The van der Waals surface area contributed by atoms with Crippen LogP contribution in [0.1, 0.15) is 15.9 Å². The van der Waals surface area contributed by atoms with Crippen molar-refractivity contribution in [2.24, 2.45) is 0 Å². The molecule has 1 N–H and O–H groups in total. The quantitative estimate of drug-likeness (QED) is 0.600. The molecule has 1 amide bonds. The average molecular weight is 361 g/mol. The first-order chi connectivity index (χ1) is 12.6. The zero-order valence-corrected chi connectivity index (χ0v) is 14.8. The molecule has 2 heterocycles. The van der Waals surface area contributed by atoms with E-state index in [1.165, 1.54) is 21.9 Å². The van der Waals surface area contributed by atoms with Gasteiger partial charge in [-0.15, -0.1) is 11.3 Å². The summed E-state index contributed by atoms with van der Waals surface area (Å²) in [4.78, 5) is 30.4. The number of anilines is 1. The van der Waals surface area contributed by atoms with E-state index >= 15 is 0 Å². The van der Waals surface area contributed by atoms with Gasteiger partial charge in [0, 0.05) is 17.3 Å². The number of benzene rings is 2. The number of carbonyl (C=O) groups is 1. The first-order valence-electron chi connectivity index (χ1n) is 8.06. The highest BCUT2D eigenvalue weighted by molar-refractivity contribution is 7.15. The molecule has 6 heteroatoms. The van der Waals surface area contributed by atoms with Gasteiger partial charge in [0.1, 0.15) is 5.56 Å². The standard InChI is InChI=1S/C20H15N3O2S/c1-13-7-9-15(10-8-13)22-18(24)16-11-21-20-23(19(16)25)17(12-26-20)14-5-3-2-4-6-14/h2-12H,1H3,(H,22,24). The summed E-state index contributed by atoms with van der Waals surface area (Å²) in [6, 6.07) is 17.0. The van der Waals surface area contributed by atoms with Crippen LogP contribution < -0.4 is 10.9 Å². The van der Waals surface area contributed by atoms with E-state index < -0.39 is 5.91 Å². The molecular formula is C20H15N3O2S. The zero-order chi connectivity index (χ0) is 18.1. The molecule has 2 aromatic carbocycles. The molecule has 26 heavy (non-hydrogen) atoms. The highest BCUT2D eigenvalue weighted by Gasteiger charge is 2.17. The molecule has 0 unspecified atom stereocenters. The molecule has 0 radical (unpaired) electrons. The Morgan fingerprint density at radius 1 is 1.08 bits per heavy atom. The van der Waals surface area contributed by atoms with Crippen LogP contribution in [0, 0.1) is 6.92 Å². The molecule has 0 aliphatic heterocycles. The summed E-state index contributed by atoms with van der Waals surface area (Å²) in [5.74, 6) is -0.467. The number of hydrogen-bond acceptors (Lipinski definition) is 4. The van der Waals surface area contributed by atoms with Crippen molar-refractivity contribution in [2.75, 3.05) is 5.32 Å². The third kappa shape index (κ3) is 2.91. The Morgan fingerprint density at radius 3 is 2.54 bits per heavy atom. The van der Waals surface area contributed by atoms with Gasteiger partial charge in [0.2, 0.25) is 0 Å². The maximum absolute atomic E-state index is 12.9. The lowest BCUT2D eigenvalue weighted by molar-refractivity contribution is 0.102. The molecule has 0 atom stereocenters. The lowest BCUT2D eigenvalue weighted by Crippen LogP contribution is -2.26. The second-order valence-corrected chi connectivity index (χ2v) is 6.74. The van der Waals surface area contributed by atoms with Crippen molar-refractivity contribution in [3.63, 3.8) is 0 Å². The number of amides is 1. The van der Waals surface area contributed by atoms with Gasteiger partial charge >= 0.3 is 0 Å². The van der Waals surface area contributed by atoms with Gasteiger partial charge < -0.3 is 5.32 Å². The predicted molar refractivity (Wildman–Crippen MR) is 104 cm³/mol. The van der Waals surface area contributed by atoms with Crippen molar-refractivity contribution < 1.29 is 4.79 Å². The minimum absolute atomic E-state index is 0.0126. The van der Waals surface area contributed by atoms with E-state index in [0.717, 1.165) is 16.8 Å². The summed E-state index contributed by atoms with van der Waals surface area (Å²) in [5, 5.41) is 4.63. The molecule has 0 bridgehead atoms. The van der Waals surface area contributed by atoms with Crippen molar-refractivity contribution in [2.45, 2.75) is 6.92 Å². The lowest BCUT2D eigenvalue weighted by Gasteiger charge is -2.06. The molecule has 0 saturated carbocycles. The van der Waals surface area contributed by atoms with E-state index in [1.54, 1.807) is 12.1 Å². The molecule has 5 nitrogen and oxygen atoms in total. The fraction of sp³-hybridized carbons (Fsp3) is 0.0500. The minimum atomic E-state index is -0.467. The van der Waals surface area contributed by atoms with Gasteiger partial charge in [0.05, 0.1) is 5.69 Å². The predicted octanol–water partition coefficient (Wildman–Crippen LogP) is 3.98. The summed E-state index contributed by atoms with van der Waals surface area (Å²) in [6.45, 7) is 1.97. The molecular weight excluding hydrogens is 346 g/mol. The van der Waals surface area contributed by atoms with Gasteiger partial charge in [-0.3, -0.25) is 14.0 Å². The van der Waals surface area contributed by atoms with Crippen molar-refractivity contribution in [3.8, 4) is 11.3 Å². The van der Waals surface area contributed by atoms with Gasteiger partial charge in [-0.25, -0.2) is 4.98 Å². The second kappa shape index (κ2) is 6.57. The van der Waals surface area contributed by atoms with Crippen LogP contribution in [0.2, 0.25) is 0 Å². The third-order valence-electron chi connectivity index (χ3n) is 4.07. The summed E-state index contributed by atoms with van der Waals surface area (Å²) in [5.41, 5.74) is 3.00. The third-order valence-corrected chi connectivity index (χ3v) is 4.91. The van der Waals surface area contributed by atoms with Gasteiger partial charge in [-0.2, -0.15) is 0 Å². The van der Waals surface area contributed by atoms with Crippen LogP contribution in [0.15, 0.2) is 71.0 Å². The van der Waals surface area contributed by atoms with Crippen molar-refractivity contribution in [1.82, 2.24) is 9.38 Å². The molecule has 4 rings (SSSR count). The molecule has 0 saturated heterocycles. The Bertz CT molecular complexity index is 1150. The summed E-state index contributed by atoms with van der Waals surface area (Å²) < 4.78 is 1.49. The van der Waals surface area contributed by atoms with Gasteiger partial charge in [0.25, 0.3) is 11.5 Å². The Hall–Kier alpha value is -3.25. The van der Waals surface area contributed by atoms with E-state index in [4.69, 9.17) is 0 Å². The molecule has 0 aliphatic carbocycles. The first-order valence-corrected chi connectivity index (χ1v) is 8.94. The number of thiazole rings is 1. The number of fused-ring (bicyclic) bond motifs is 1. The molecule has 128 valence electrons. The van der Waals surface area contributed by atoms with E-state index in [0.29, 0.717) is 10.6 Å². The number of carbonyl (C=O) groups excluding carboxylic acids is 1. The van der Waals surface area contributed by atoms with Gasteiger partial charge in [0.15, 0.2) is 4.96 Å². The van der Waals surface area contributed by atoms with Crippen LogP contribution in [0.5, 0.6) is 0 Å². The van der Waals surface area contributed by atoms with E-state index in [2.05, 4.69) is 10.3 Å². The second-order valence-electron chi connectivity index (χ2n) is 5.90. The van der Waals surface area contributed by atoms with Crippen molar-refractivity contribution >= 4 is 27.9 Å². The van der Waals surface area contributed by atoms with Gasteiger partial charge in [-0.05, 0) is 24.6 Å². The maximum atomic E-state index is 12.9. The molecule has 0 aliphatic rings. The largest absolute Gasteiger partial charge is 0.322 e. The van der Waals surface area contributed by atoms with E-state index in [9.17, 15) is 9.59 Å². The minimum Gasteiger partial charge on any atom is -0.322 e. The van der Waals surface area contributed by atoms with Crippen LogP contribution >= 0.6 is 11.3 Å². The van der Waals surface area contributed by atoms with Crippen LogP contribution in [0.4, 0.5) is 5.69 Å². The SMILES string of the molecule is Cc1ccc(NC(=O)c2cnc3scc(-c4ccccc4)n3c2=O)cc1. The Labute approximate surface area is 153 Å². The normalized spacial score (nSPS) is 10.8.